The molecular formula is C13H14N2O4. The standard InChI is InChI=1S/C13H14N2O4/c1-13(2,3)11(17)19-7-4-5-9-8(6-7)10(16)15-12(18)14-9/h4-6H,1-3H3,(H2,14,15,16,18). The molecule has 0 radical (unpaired) electrons. The number of carbonyl (C=O) groups is 1. The predicted octanol–water partition coefficient (Wildman–Crippen LogP) is 1.17. The lowest BCUT2D eigenvalue weighted by Crippen LogP contribution is -2.26. The zero-order valence-electron chi connectivity index (χ0n) is 10.9. The summed E-state index contributed by atoms with van der Waals surface area (Å²) >= 11 is 0. The Hall–Kier alpha value is -2.37. The van der Waals surface area contributed by atoms with Gasteiger partial charge in [0.2, 0.25) is 0 Å². The molecule has 0 saturated heterocycles. The Morgan fingerprint density at radius 2 is 1.84 bits per heavy atom. The highest BCUT2D eigenvalue weighted by Crippen LogP contribution is 2.21. The van der Waals surface area contributed by atoms with Crippen LogP contribution in [0.5, 0.6) is 5.75 Å². The Morgan fingerprint density at radius 1 is 1.16 bits per heavy atom. The van der Waals surface area contributed by atoms with Crippen molar-refractivity contribution in [3.05, 3.63) is 39.0 Å². The molecule has 0 atom stereocenters. The molecule has 0 amide bonds. The van der Waals surface area contributed by atoms with Crippen LogP contribution < -0.4 is 16.0 Å². The molecule has 100 valence electrons. The van der Waals surface area contributed by atoms with Gasteiger partial charge in [-0.25, -0.2) is 4.79 Å². The number of fused-ring (bicyclic) bond motifs is 1. The monoisotopic (exact) mass is 262 g/mol. The smallest absolute Gasteiger partial charge is 0.326 e. The maximum atomic E-state index is 11.7. The number of ether oxygens (including phenoxy) is 1. The number of rotatable bonds is 1. The summed E-state index contributed by atoms with van der Waals surface area (Å²) in [4.78, 5) is 39.1. The van der Waals surface area contributed by atoms with E-state index in [9.17, 15) is 14.4 Å². The molecule has 0 bridgehead atoms. The van der Waals surface area contributed by atoms with Gasteiger partial charge in [-0.2, -0.15) is 0 Å². The predicted molar refractivity (Wildman–Crippen MR) is 70.3 cm³/mol. The molecule has 1 aromatic carbocycles. The number of H-pyrrole nitrogens is 2. The van der Waals surface area contributed by atoms with Gasteiger partial charge in [-0.05, 0) is 39.0 Å². The Labute approximate surface area is 108 Å². The molecule has 0 aliphatic rings. The molecule has 1 heterocycles. The number of esters is 1. The number of hydrogen-bond donors (Lipinski definition) is 2. The van der Waals surface area contributed by atoms with E-state index in [-0.39, 0.29) is 11.1 Å². The second kappa shape index (κ2) is 4.38. The van der Waals surface area contributed by atoms with Crippen LogP contribution in [0.15, 0.2) is 27.8 Å². The first-order valence-corrected chi connectivity index (χ1v) is 5.76. The first-order chi connectivity index (χ1) is 8.77. The van der Waals surface area contributed by atoms with Crippen molar-refractivity contribution in [3.8, 4) is 5.75 Å². The summed E-state index contributed by atoms with van der Waals surface area (Å²) in [5, 5.41) is 0.263. The summed E-state index contributed by atoms with van der Waals surface area (Å²) in [5.74, 6) is -0.127. The summed E-state index contributed by atoms with van der Waals surface area (Å²) in [7, 11) is 0. The average molecular weight is 262 g/mol. The van der Waals surface area contributed by atoms with Crippen LogP contribution >= 0.6 is 0 Å². The van der Waals surface area contributed by atoms with E-state index in [0.29, 0.717) is 5.52 Å². The number of aromatic amines is 2. The molecule has 6 nitrogen and oxygen atoms in total. The van der Waals surface area contributed by atoms with Gasteiger partial charge in [-0.15, -0.1) is 0 Å². The molecule has 0 aliphatic carbocycles. The molecule has 0 fully saturated rings. The molecule has 0 unspecified atom stereocenters. The van der Waals surface area contributed by atoms with Gasteiger partial charge in [0.15, 0.2) is 0 Å². The van der Waals surface area contributed by atoms with Gasteiger partial charge < -0.3 is 9.72 Å². The topological polar surface area (TPSA) is 92.0 Å². The zero-order chi connectivity index (χ0) is 14.2. The van der Waals surface area contributed by atoms with Gasteiger partial charge >= 0.3 is 11.7 Å². The summed E-state index contributed by atoms with van der Waals surface area (Å²) < 4.78 is 5.19. The largest absolute Gasteiger partial charge is 0.426 e. The van der Waals surface area contributed by atoms with Crippen molar-refractivity contribution in [2.75, 3.05) is 0 Å². The summed E-state index contributed by atoms with van der Waals surface area (Å²) in [6.07, 6.45) is 0. The molecule has 2 aromatic rings. The Kier molecular flexibility index (Phi) is 3.01. The maximum Gasteiger partial charge on any atom is 0.326 e. The van der Waals surface area contributed by atoms with Crippen LogP contribution in [-0.2, 0) is 4.79 Å². The van der Waals surface area contributed by atoms with Crippen molar-refractivity contribution in [1.29, 1.82) is 0 Å². The van der Waals surface area contributed by atoms with Crippen LogP contribution in [-0.4, -0.2) is 15.9 Å². The maximum absolute atomic E-state index is 11.7. The van der Waals surface area contributed by atoms with Crippen molar-refractivity contribution in [2.24, 2.45) is 5.41 Å². The van der Waals surface area contributed by atoms with Crippen molar-refractivity contribution in [1.82, 2.24) is 9.97 Å². The van der Waals surface area contributed by atoms with Crippen LogP contribution in [0.25, 0.3) is 10.9 Å². The molecule has 1 aromatic heterocycles. The Balaban J connectivity index is 2.46. The van der Waals surface area contributed by atoms with Gasteiger partial charge in [0.25, 0.3) is 5.56 Å². The Morgan fingerprint density at radius 3 is 2.47 bits per heavy atom. The van der Waals surface area contributed by atoms with Crippen LogP contribution in [0.1, 0.15) is 20.8 Å². The van der Waals surface area contributed by atoms with Gasteiger partial charge in [-0.3, -0.25) is 14.6 Å². The van der Waals surface area contributed by atoms with Crippen molar-refractivity contribution >= 4 is 16.9 Å². The molecular weight excluding hydrogens is 248 g/mol. The zero-order valence-corrected chi connectivity index (χ0v) is 10.9. The van der Waals surface area contributed by atoms with E-state index in [1.807, 2.05) is 0 Å². The van der Waals surface area contributed by atoms with Gasteiger partial charge in [0.05, 0.1) is 16.3 Å². The van der Waals surface area contributed by atoms with E-state index in [2.05, 4.69) is 9.97 Å². The van der Waals surface area contributed by atoms with Gasteiger partial charge in [0.1, 0.15) is 5.75 Å². The second-order valence-corrected chi connectivity index (χ2v) is 5.26. The third kappa shape index (κ3) is 2.73. The molecule has 6 heteroatoms. The molecule has 2 rings (SSSR count). The number of benzene rings is 1. The minimum Gasteiger partial charge on any atom is -0.426 e. The lowest BCUT2D eigenvalue weighted by atomic mass is 9.97. The lowest BCUT2D eigenvalue weighted by molar-refractivity contribution is -0.142. The minimum absolute atomic E-state index is 0.263. The van der Waals surface area contributed by atoms with Crippen LogP contribution in [0.3, 0.4) is 0 Å². The number of carbonyl (C=O) groups excluding carboxylic acids is 1. The van der Waals surface area contributed by atoms with Crippen LogP contribution in [0.4, 0.5) is 0 Å². The number of nitrogens with one attached hydrogen (secondary N) is 2. The summed E-state index contributed by atoms with van der Waals surface area (Å²) in [6.45, 7) is 5.21. The molecule has 0 aliphatic heterocycles. The fourth-order valence-electron chi connectivity index (χ4n) is 1.47. The van der Waals surface area contributed by atoms with Crippen molar-refractivity contribution in [3.63, 3.8) is 0 Å². The highest BCUT2D eigenvalue weighted by atomic mass is 16.5. The number of aromatic nitrogens is 2. The fraction of sp³-hybridized carbons (Fsp3) is 0.308. The quantitative estimate of drug-likeness (QED) is 0.596. The van der Waals surface area contributed by atoms with E-state index in [4.69, 9.17) is 4.74 Å². The van der Waals surface area contributed by atoms with E-state index >= 15 is 0 Å². The molecule has 19 heavy (non-hydrogen) atoms. The normalized spacial score (nSPS) is 11.5. The fourth-order valence-corrected chi connectivity index (χ4v) is 1.47. The van der Waals surface area contributed by atoms with Crippen molar-refractivity contribution in [2.45, 2.75) is 20.8 Å². The minimum atomic E-state index is -0.633. The highest BCUT2D eigenvalue weighted by molar-refractivity contribution is 5.82. The second-order valence-electron chi connectivity index (χ2n) is 5.26. The third-order valence-electron chi connectivity index (χ3n) is 2.53. The third-order valence-corrected chi connectivity index (χ3v) is 2.53. The van der Waals surface area contributed by atoms with Crippen LogP contribution in [0.2, 0.25) is 0 Å². The van der Waals surface area contributed by atoms with E-state index < -0.39 is 22.6 Å². The first kappa shape index (κ1) is 13.1. The molecule has 2 N–H and O–H groups in total. The SMILES string of the molecule is CC(C)(C)C(=O)Oc1ccc2[nH]c(=O)[nH]c(=O)c2c1. The van der Waals surface area contributed by atoms with Gasteiger partial charge in [-0.1, -0.05) is 0 Å². The summed E-state index contributed by atoms with van der Waals surface area (Å²) in [6, 6.07) is 4.48. The van der Waals surface area contributed by atoms with E-state index in [1.165, 1.54) is 18.2 Å². The molecule has 0 saturated carbocycles. The first-order valence-electron chi connectivity index (χ1n) is 5.76. The van der Waals surface area contributed by atoms with Gasteiger partial charge in [0, 0.05) is 0 Å². The highest BCUT2D eigenvalue weighted by Gasteiger charge is 2.23. The molecule has 0 spiro atoms. The van der Waals surface area contributed by atoms with Crippen LogP contribution in [0, 0.1) is 5.41 Å². The summed E-state index contributed by atoms with van der Waals surface area (Å²) in [5.41, 5.74) is -1.33. The van der Waals surface area contributed by atoms with E-state index in [1.54, 1.807) is 20.8 Å². The van der Waals surface area contributed by atoms with E-state index in [0.717, 1.165) is 0 Å². The Bertz CT molecular complexity index is 750. The number of hydrogen-bond acceptors (Lipinski definition) is 4. The average Bonchev–Trinajstić information content (AvgIpc) is 2.28. The lowest BCUT2D eigenvalue weighted by Gasteiger charge is -2.16. The van der Waals surface area contributed by atoms with Crippen molar-refractivity contribution < 1.29 is 9.53 Å².